The number of aliphatic carboxylic acids is 1. The third-order valence-electron chi connectivity index (χ3n) is 6.84. The Bertz CT molecular complexity index is 1430. The average molecular weight is 555 g/mol. The summed E-state index contributed by atoms with van der Waals surface area (Å²) in [6, 6.07) is 9.47. The largest absolute Gasteiger partial charge is 0.480 e. The number of piperidine rings is 1. The van der Waals surface area contributed by atoms with E-state index in [0.29, 0.717) is 29.1 Å². The molecule has 0 unspecified atom stereocenters. The van der Waals surface area contributed by atoms with Crippen LogP contribution in [0, 0.1) is 23.1 Å². The lowest BCUT2D eigenvalue weighted by Gasteiger charge is -2.30. The van der Waals surface area contributed by atoms with Crippen molar-refractivity contribution in [2.24, 2.45) is 5.92 Å². The Hall–Kier alpha value is -3.66. The van der Waals surface area contributed by atoms with Crippen LogP contribution in [0.25, 0.3) is 10.9 Å². The van der Waals surface area contributed by atoms with Crippen molar-refractivity contribution in [1.29, 1.82) is 5.26 Å². The summed E-state index contributed by atoms with van der Waals surface area (Å²) in [4.78, 5) is 30.5. The number of carbonyl (C=O) groups is 1. The van der Waals surface area contributed by atoms with E-state index in [0.717, 1.165) is 38.9 Å². The SMILES string of the molecule is CCN(C)SNc1ccc(F)c(Oc2ccc3ncn(CCC4CCN(CC(=O)O)CC4)c(=O)c3c2)c1C#N. The van der Waals surface area contributed by atoms with Gasteiger partial charge in [0.2, 0.25) is 0 Å². The lowest BCUT2D eigenvalue weighted by Crippen LogP contribution is -2.37. The van der Waals surface area contributed by atoms with Gasteiger partial charge in [0.05, 0.1) is 29.5 Å². The van der Waals surface area contributed by atoms with E-state index in [4.69, 9.17) is 9.84 Å². The fraction of sp³-hybridized carbons (Fsp3) is 0.407. The first-order valence-electron chi connectivity index (χ1n) is 12.8. The number of benzene rings is 2. The molecule has 0 aliphatic carbocycles. The number of rotatable bonds is 11. The van der Waals surface area contributed by atoms with Crippen molar-refractivity contribution in [1.82, 2.24) is 18.8 Å². The van der Waals surface area contributed by atoms with Crippen LogP contribution in [0.15, 0.2) is 41.5 Å². The van der Waals surface area contributed by atoms with Crippen molar-refractivity contribution in [3.8, 4) is 17.6 Å². The Kier molecular flexibility index (Phi) is 9.40. The van der Waals surface area contributed by atoms with Crippen LogP contribution >= 0.6 is 12.1 Å². The van der Waals surface area contributed by atoms with Gasteiger partial charge in [-0.2, -0.15) is 5.26 Å². The molecule has 1 aliphatic rings. The van der Waals surface area contributed by atoms with Gasteiger partial charge >= 0.3 is 5.97 Å². The minimum Gasteiger partial charge on any atom is -0.480 e. The fourth-order valence-electron chi connectivity index (χ4n) is 4.47. The molecule has 0 spiro atoms. The summed E-state index contributed by atoms with van der Waals surface area (Å²) in [5.41, 5.74) is 0.688. The van der Waals surface area contributed by atoms with Gasteiger partial charge in [0, 0.05) is 25.2 Å². The van der Waals surface area contributed by atoms with E-state index in [1.165, 1.54) is 36.7 Å². The van der Waals surface area contributed by atoms with Crippen LogP contribution in [-0.2, 0) is 11.3 Å². The number of hydrogen-bond donors (Lipinski definition) is 2. The van der Waals surface area contributed by atoms with Crippen LogP contribution in [-0.4, -0.2) is 63.1 Å². The average Bonchev–Trinajstić information content (AvgIpc) is 2.93. The second-order valence-electron chi connectivity index (χ2n) is 9.47. The number of nitriles is 1. The summed E-state index contributed by atoms with van der Waals surface area (Å²) in [6.07, 6.45) is 4.08. The molecule has 1 saturated heterocycles. The van der Waals surface area contributed by atoms with Crippen molar-refractivity contribution < 1.29 is 19.0 Å². The Balaban J connectivity index is 1.50. The van der Waals surface area contributed by atoms with Gasteiger partial charge in [0.25, 0.3) is 5.56 Å². The van der Waals surface area contributed by atoms with Gasteiger partial charge in [-0.05, 0) is 75.6 Å². The molecule has 1 aliphatic heterocycles. The number of nitrogens with zero attached hydrogens (tertiary/aromatic N) is 5. The third-order valence-corrected chi connectivity index (χ3v) is 7.72. The van der Waals surface area contributed by atoms with Gasteiger partial charge in [-0.25, -0.2) is 13.7 Å². The van der Waals surface area contributed by atoms with E-state index in [1.807, 2.05) is 29.2 Å². The van der Waals surface area contributed by atoms with Crippen LogP contribution in [0.1, 0.15) is 31.7 Å². The number of likely N-dealkylation sites (tertiary alicyclic amines) is 1. The number of halogens is 1. The van der Waals surface area contributed by atoms with E-state index >= 15 is 0 Å². The number of carboxylic acids is 1. The highest BCUT2D eigenvalue weighted by Crippen LogP contribution is 2.34. The first-order valence-corrected chi connectivity index (χ1v) is 13.5. The topological polar surface area (TPSA) is 124 Å². The third kappa shape index (κ3) is 7.06. The quantitative estimate of drug-likeness (QED) is 0.331. The van der Waals surface area contributed by atoms with Crippen molar-refractivity contribution in [3.05, 3.63) is 58.4 Å². The van der Waals surface area contributed by atoms with E-state index < -0.39 is 11.8 Å². The van der Waals surface area contributed by atoms with Crippen LogP contribution < -0.4 is 15.0 Å². The minimum atomic E-state index is -0.819. The summed E-state index contributed by atoms with van der Waals surface area (Å²) in [5.74, 6) is -1.11. The fourth-order valence-corrected chi connectivity index (χ4v) is 5.02. The predicted molar refractivity (Wildman–Crippen MR) is 148 cm³/mol. The second kappa shape index (κ2) is 12.9. The molecule has 2 aromatic carbocycles. The summed E-state index contributed by atoms with van der Waals surface area (Å²) >= 11 is 1.28. The van der Waals surface area contributed by atoms with Gasteiger partial charge in [-0.15, -0.1) is 0 Å². The van der Waals surface area contributed by atoms with Gasteiger partial charge < -0.3 is 14.6 Å². The van der Waals surface area contributed by atoms with E-state index in [1.54, 1.807) is 16.7 Å². The molecule has 4 rings (SSSR count). The number of hydrogen-bond acceptors (Lipinski definition) is 9. The second-order valence-corrected chi connectivity index (χ2v) is 10.5. The Morgan fingerprint density at radius 3 is 2.79 bits per heavy atom. The highest BCUT2D eigenvalue weighted by molar-refractivity contribution is 7.98. The van der Waals surface area contributed by atoms with Crippen molar-refractivity contribution in [2.45, 2.75) is 32.7 Å². The highest BCUT2D eigenvalue weighted by Gasteiger charge is 2.21. The lowest BCUT2D eigenvalue weighted by molar-refractivity contribution is -0.138. The molecule has 1 aromatic heterocycles. The molecule has 0 radical (unpaired) electrons. The molecular weight excluding hydrogens is 523 g/mol. The first kappa shape index (κ1) is 28.4. The normalized spacial score (nSPS) is 14.4. The number of anilines is 1. The zero-order valence-corrected chi connectivity index (χ0v) is 22.7. The number of nitrogens with one attached hydrogen (secondary N) is 1. The van der Waals surface area contributed by atoms with Crippen LogP contribution in [0.3, 0.4) is 0 Å². The van der Waals surface area contributed by atoms with Crippen LogP contribution in [0.5, 0.6) is 11.5 Å². The molecule has 39 heavy (non-hydrogen) atoms. The zero-order chi connectivity index (χ0) is 27.9. The maximum Gasteiger partial charge on any atom is 0.317 e. The summed E-state index contributed by atoms with van der Waals surface area (Å²) < 4.78 is 27.1. The molecule has 206 valence electrons. The van der Waals surface area contributed by atoms with E-state index in [9.17, 15) is 19.2 Å². The predicted octanol–water partition coefficient (Wildman–Crippen LogP) is 4.31. The van der Waals surface area contributed by atoms with E-state index in [-0.39, 0.29) is 29.2 Å². The van der Waals surface area contributed by atoms with Crippen molar-refractivity contribution in [3.63, 3.8) is 0 Å². The number of ether oxygens (including phenoxy) is 1. The number of aryl methyl sites for hydroxylation is 1. The summed E-state index contributed by atoms with van der Waals surface area (Å²) in [6.45, 7) is 4.75. The maximum atomic E-state index is 14.8. The molecule has 2 heterocycles. The standard InChI is InChI=1S/C27H31FN6O4S/c1-3-32(2)39-31-24-7-5-22(28)26(21(24)15-29)38-19-4-6-23-20(14-19)27(37)34(17-30-23)13-10-18-8-11-33(12-9-18)16-25(35)36/h4-7,14,17-18,31H,3,8-13,16H2,1-2H3,(H,35,36). The smallest absolute Gasteiger partial charge is 0.317 e. The van der Waals surface area contributed by atoms with Crippen molar-refractivity contribution >= 4 is 34.7 Å². The summed E-state index contributed by atoms with van der Waals surface area (Å²) in [7, 11) is 1.88. The van der Waals surface area contributed by atoms with Gasteiger partial charge in [0.1, 0.15) is 17.4 Å². The molecular formula is C27H31FN6O4S. The Morgan fingerprint density at radius 1 is 1.33 bits per heavy atom. The highest BCUT2D eigenvalue weighted by atomic mass is 32.2. The molecule has 12 heteroatoms. The molecule has 2 N–H and O–H groups in total. The monoisotopic (exact) mass is 554 g/mol. The molecule has 3 aromatic rings. The molecule has 10 nitrogen and oxygen atoms in total. The summed E-state index contributed by atoms with van der Waals surface area (Å²) in [5, 5.41) is 19.0. The molecule has 0 atom stereocenters. The Labute approximate surface area is 230 Å². The molecule has 0 saturated carbocycles. The van der Waals surface area contributed by atoms with Crippen molar-refractivity contribution in [2.75, 3.05) is 37.9 Å². The number of carboxylic acid groups (broad SMARTS) is 1. The molecule has 1 fully saturated rings. The number of aromatic nitrogens is 2. The Morgan fingerprint density at radius 2 is 2.10 bits per heavy atom. The van der Waals surface area contributed by atoms with Gasteiger partial charge in [-0.3, -0.25) is 19.1 Å². The minimum absolute atomic E-state index is 0.0186. The molecule has 0 amide bonds. The first-order chi connectivity index (χ1) is 18.8. The lowest BCUT2D eigenvalue weighted by atomic mass is 9.93. The van der Waals surface area contributed by atoms with Crippen LogP contribution in [0.2, 0.25) is 0 Å². The zero-order valence-electron chi connectivity index (χ0n) is 21.9. The number of fused-ring (bicyclic) bond motifs is 1. The molecule has 0 bridgehead atoms. The van der Waals surface area contributed by atoms with E-state index in [2.05, 4.69) is 9.71 Å². The maximum absolute atomic E-state index is 14.8. The van der Waals surface area contributed by atoms with Crippen LogP contribution in [0.4, 0.5) is 10.1 Å². The van der Waals surface area contributed by atoms with Gasteiger partial charge in [-0.1, -0.05) is 6.92 Å². The van der Waals surface area contributed by atoms with Gasteiger partial charge in [0.15, 0.2) is 11.6 Å².